The highest BCUT2D eigenvalue weighted by Gasteiger charge is 2.48. The van der Waals surface area contributed by atoms with Crippen molar-refractivity contribution in [3.8, 4) is 17.8 Å². The number of benzene rings is 2. The van der Waals surface area contributed by atoms with Gasteiger partial charge in [0, 0.05) is 0 Å². The first-order valence-corrected chi connectivity index (χ1v) is 9.08. The van der Waals surface area contributed by atoms with Crippen LogP contribution in [0.3, 0.4) is 0 Å². The van der Waals surface area contributed by atoms with Crippen molar-refractivity contribution in [2.24, 2.45) is 0 Å². The molecule has 3 aromatic rings. The lowest BCUT2D eigenvalue weighted by molar-refractivity contribution is -0.161. The molecule has 0 radical (unpaired) electrons. The van der Waals surface area contributed by atoms with Crippen LogP contribution in [0.5, 0.6) is 17.8 Å². The highest BCUT2D eigenvalue weighted by molar-refractivity contribution is 5.78. The molecule has 3 rings (SSSR count). The maximum absolute atomic E-state index is 12.8. The van der Waals surface area contributed by atoms with Gasteiger partial charge in [-0.05, 0) is 11.1 Å². The van der Waals surface area contributed by atoms with Crippen molar-refractivity contribution >= 4 is 5.97 Å². The van der Waals surface area contributed by atoms with Gasteiger partial charge in [-0.15, -0.1) is 0 Å². The fourth-order valence-corrected chi connectivity index (χ4v) is 3.02. The third-order valence-corrected chi connectivity index (χ3v) is 4.52. The van der Waals surface area contributed by atoms with Crippen LogP contribution in [0.1, 0.15) is 11.1 Å². The average molecular weight is 410 g/mol. The number of carbonyl (C=O) groups is 1. The highest BCUT2D eigenvalue weighted by Crippen LogP contribution is 2.36. The molecule has 0 bridgehead atoms. The van der Waals surface area contributed by atoms with Crippen molar-refractivity contribution in [1.29, 1.82) is 0 Å². The molecule has 30 heavy (non-hydrogen) atoms. The van der Waals surface area contributed by atoms with Crippen LogP contribution in [0.2, 0.25) is 0 Å². The fourth-order valence-electron chi connectivity index (χ4n) is 3.02. The maximum atomic E-state index is 12.8. The smallest absolute Gasteiger partial charge is 0.351 e. The molecule has 8 nitrogen and oxygen atoms in total. The summed E-state index contributed by atoms with van der Waals surface area (Å²) < 4.78 is 21.0. The lowest BCUT2D eigenvalue weighted by Gasteiger charge is -2.34. The quantitative estimate of drug-likeness (QED) is 0.565. The van der Waals surface area contributed by atoms with Gasteiger partial charge >= 0.3 is 12.0 Å². The van der Waals surface area contributed by atoms with Crippen LogP contribution < -0.4 is 14.2 Å². The number of carbonyl (C=O) groups excluding carboxylic acids is 1. The number of methoxy groups -OCH3 is 3. The highest BCUT2D eigenvalue weighted by atomic mass is 16.6. The van der Waals surface area contributed by atoms with E-state index in [0.29, 0.717) is 11.1 Å². The summed E-state index contributed by atoms with van der Waals surface area (Å²) in [4.78, 5) is 21.0. The van der Waals surface area contributed by atoms with Crippen LogP contribution in [0.25, 0.3) is 0 Å². The first-order valence-electron chi connectivity index (χ1n) is 9.08. The summed E-state index contributed by atoms with van der Waals surface area (Å²) in [6.07, 6.45) is -1.52. The zero-order valence-corrected chi connectivity index (χ0v) is 16.8. The van der Waals surface area contributed by atoms with Gasteiger partial charge in [0.05, 0.1) is 27.4 Å². The molecule has 0 saturated heterocycles. The van der Waals surface area contributed by atoms with Gasteiger partial charge in [0.15, 0.2) is 5.60 Å². The normalized spacial score (nSPS) is 12.0. The SMILES string of the molecule is COC(=O)C(Oc1nc(OC)cc(OC)n1)C(O)(c1ccccc1)c1ccccc1. The van der Waals surface area contributed by atoms with Crippen LogP contribution in [-0.2, 0) is 15.1 Å². The molecule has 1 atom stereocenters. The third kappa shape index (κ3) is 4.18. The molecular formula is C22H22N2O6. The summed E-state index contributed by atoms with van der Waals surface area (Å²) in [6, 6.07) is 18.6. The Hall–Kier alpha value is -3.65. The molecule has 156 valence electrons. The number of rotatable bonds is 8. The van der Waals surface area contributed by atoms with E-state index < -0.39 is 17.7 Å². The second-order valence-corrected chi connectivity index (χ2v) is 6.25. The monoisotopic (exact) mass is 410 g/mol. The number of nitrogens with zero attached hydrogens (tertiary/aromatic N) is 2. The summed E-state index contributed by atoms with van der Waals surface area (Å²) in [5.41, 5.74) is -1.03. The number of esters is 1. The summed E-state index contributed by atoms with van der Waals surface area (Å²) in [5.74, 6) is -0.470. The fraction of sp³-hybridized carbons (Fsp3) is 0.227. The van der Waals surface area contributed by atoms with Crippen LogP contribution in [0.4, 0.5) is 0 Å². The number of aliphatic hydroxyl groups is 1. The Morgan fingerprint density at radius 2 is 1.33 bits per heavy atom. The Bertz CT molecular complexity index is 920. The second-order valence-electron chi connectivity index (χ2n) is 6.25. The zero-order chi connectivity index (χ0) is 21.6. The van der Waals surface area contributed by atoms with E-state index in [4.69, 9.17) is 18.9 Å². The summed E-state index contributed by atoms with van der Waals surface area (Å²) in [6.45, 7) is 0. The van der Waals surface area contributed by atoms with Gasteiger partial charge in [0.1, 0.15) is 0 Å². The van der Waals surface area contributed by atoms with E-state index in [1.165, 1.54) is 27.4 Å². The van der Waals surface area contributed by atoms with Crippen LogP contribution in [0.15, 0.2) is 66.7 Å². The minimum atomic E-state index is -1.89. The van der Waals surface area contributed by atoms with E-state index in [2.05, 4.69) is 9.97 Å². The molecule has 1 N–H and O–H groups in total. The van der Waals surface area contributed by atoms with Crippen LogP contribution in [0, 0.1) is 0 Å². The van der Waals surface area contributed by atoms with E-state index >= 15 is 0 Å². The largest absolute Gasteiger partial charge is 0.481 e. The van der Waals surface area contributed by atoms with E-state index in [-0.39, 0.29) is 17.8 Å². The van der Waals surface area contributed by atoms with E-state index in [1.807, 2.05) is 0 Å². The molecule has 0 aliphatic rings. The molecule has 0 aliphatic heterocycles. The number of aromatic nitrogens is 2. The molecule has 0 saturated carbocycles. The Morgan fingerprint density at radius 1 is 0.867 bits per heavy atom. The van der Waals surface area contributed by atoms with E-state index in [1.54, 1.807) is 60.7 Å². The van der Waals surface area contributed by atoms with E-state index in [9.17, 15) is 9.90 Å². The van der Waals surface area contributed by atoms with E-state index in [0.717, 1.165) is 0 Å². The minimum Gasteiger partial charge on any atom is -0.481 e. The molecule has 8 heteroatoms. The number of ether oxygens (including phenoxy) is 4. The van der Waals surface area contributed by atoms with Crippen LogP contribution in [-0.4, -0.2) is 48.5 Å². The lowest BCUT2D eigenvalue weighted by atomic mass is 9.81. The molecule has 0 spiro atoms. The standard InChI is InChI=1S/C22H22N2O6/c1-27-17-14-18(28-2)24-21(23-17)30-19(20(25)29-3)22(26,15-10-6-4-7-11-15)16-12-8-5-9-13-16/h4-14,19,26H,1-3H3. The van der Waals surface area contributed by atoms with Crippen molar-refractivity contribution in [3.63, 3.8) is 0 Å². The predicted molar refractivity (Wildman–Crippen MR) is 107 cm³/mol. The summed E-state index contributed by atoms with van der Waals surface area (Å²) >= 11 is 0. The summed E-state index contributed by atoms with van der Waals surface area (Å²) in [7, 11) is 4.06. The average Bonchev–Trinajstić information content (AvgIpc) is 2.82. The van der Waals surface area contributed by atoms with Gasteiger partial charge in [-0.25, -0.2) is 4.79 Å². The molecule has 1 aromatic heterocycles. The van der Waals surface area contributed by atoms with Gasteiger partial charge in [-0.2, -0.15) is 9.97 Å². The molecule has 0 amide bonds. The first-order chi connectivity index (χ1) is 14.5. The second kappa shape index (κ2) is 9.23. The van der Waals surface area contributed by atoms with Gasteiger partial charge in [0.25, 0.3) is 0 Å². The van der Waals surface area contributed by atoms with Crippen molar-refractivity contribution in [2.75, 3.05) is 21.3 Å². The Morgan fingerprint density at radius 3 is 1.73 bits per heavy atom. The number of hydrogen-bond donors (Lipinski definition) is 1. The van der Waals surface area contributed by atoms with Gasteiger partial charge < -0.3 is 24.1 Å². The number of hydrogen-bond acceptors (Lipinski definition) is 8. The predicted octanol–water partition coefficient (Wildman–Crippen LogP) is 2.35. The van der Waals surface area contributed by atoms with Gasteiger partial charge in [-0.1, -0.05) is 60.7 Å². The van der Waals surface area contributed by atoms with Gasteiger partial charge in [-0.3, -0.25) is 0 Å². The molecule has 1 unspecified atom stereocenters. The molecule has 0 fully saturated rings. The molecule has 2 aromatic carbocycles. The molecular weight excluding hydrogens is 388 g/mol. The Labute approximate surface area is 174 Å². The molecule has 0 aliphatic carbocycles. The maximum Gasteiger partial charge on any atom is 0.351 e. The van der Waals surface area contributed by atoms with Crippen molar-refractivity contribution in [2.45, 2.75) is 11.7 Å². The van der Waals surface area contributed by atoms with Gasteiger partial charge in [0.2, 0.25) is 17.9 Å². The third-order valence-electron chi connectivity index (χ3n) is 4.52. The van der Waals surface area contributed by atoms with Crippen molar-refractivity contribution in [3.05, 3.63) is 77.9 Å². The minimum absolute atomic E-state index is 0.170. The van der Waals surface area contributed by atoms with Crippen molar-refractivity contribution in [1.82, 2.24) is 9.97 Å². The van der Waals surface area contributed by atoms with Crippen LogP contribution >= 0.6 is 0 Å². The zero-order valence-electron chi connectivity index (χ0n) is 16.8. The van der Waals surface area contributed by atoms with Crippen molar-refractivity contribution < 1.29 is 28.8 Å². The topological polar surface area (TPSA) is 100 Å². The lowest BCUT2D eigenvalue weighted by Crippen LogP contribution is -2.50. The molecule has 1 heterocycles. The summed E-state index contributed by atoms with van der Waals surface area (Å²) in [5, 5.41) is 11.9. The first kappa shape index (κ1) is 21.1. The Balaban J connectivity index is 2.15. The Kier molecular flexibility index (Phi) is 6.48.